The molecule has 0 amide bonds. The Balaban J connectivity index is 2.11. The first-order valence-corrected chi connectivity index (χ1v) is 6.69. The van der Waals surface area contributed by atoms with E-state index in [9.17, 15) is 13.2 Å². The minimum absolute atomic E-state index is 0.0834. The van der Waals surface area contributed by atoms with Gasteiger partial charge in [0.15, 0.2) is 0 Å². The maximum absolute atomic E-state index is 11.9. The predicted octanol–water partition coefficient (Wildman–Crippen LogP) is 3.51. The molecule has 0 aromatic rings. The average Bonchev–Trinajstić information content (AvgIpc) is 2.24. The molecule has 18 heavy (non-hydrogen) atoms. The minimum Gasteiger partial charge on any atom is -0.378 e. The SMILES string of the molecule is CCOC1CC(NCCCCC(F)(F)F)C1(C)C. The van der Waals surface area contributed by atoms with E-state index >= 15 is 0 Å². The number of halogens is 3. The molecule has 0 aromatic carbocycles. The third-order valence-corrected chi connectivity index (χ3v) is 3.82. The van der Waals surface area contributed by atoms with Crippen molar-refractivity contribution < 1.29 is 17.9 Å². The van der Waals surface area contributed by atoms with Gasteiger partial charge in [0, 0.05) is 24.5 Å². The highest BCUT2D eigenvalue weighted by molar-refractivity contribution is 5.02. The Morgan fingerprint density at radius 3 is 2.44 bits per heavy atom. The summed E-state index contributed by atoms with van der Waals surface area (Å²) in [6.45, 7) is 7.64. The van der Waals surface area contributed by atoms with Gasteiger partial charge in [0.1, 0.15) is 0 Å². The van der Waals surface area contributed by atoms with Crippen molar-refractivity contribution in [3.05, 3.63) is 0 Å². The van der Waals surface area contributed by atoms with Crippen molar-refractivity contribution in [2.24, 2.45) is 5.41 Å². The summed E-state index contributed by atoms with van der Waals surface area (Å²) >= 11 is 0. The maximum Gasteiger partial charge on any atom is 0.389 e. The Labute approximate surface area is 107 Å². The van der Waals surface area contributed by atoms with Crippen molar-refractivity contribution in [2.45, 2.75) is 64.8 Å². The van der Waals surface area contributed by atoms with Crippen LogP contribution in [0.4, 0.5) is 13.2 Å². The van der Waals surface area contributed by atoms with Crippen LogP contribution in [-0.2, 0) is 4.74 Å². The van der Waals surface area contributed by atoms with Gasteiger partial charge in [-0.05, 0) is 32.7 Å². The summed E-state index contributed by atoms with van der Waals surface area (Å²) in [7, 11) is 0. The third kappa shape index (κ3) is 4.43. The fraction of sp³-hybridized carbons (Fsp3) is 1.00. The van der Waals surface area contributed by atoms with E-state index < -0.39 is 12.6 Å². The van der Waals surface area contributed by atoms with Gasteiger partial charge in [0.05, 0.1) is 6.10 Å². The Kier molecular flexibility index (Phi) is 5.46. The first-order chi connectivity index (χ1) is 8.27. The molecule has 2 atom stereocenters. The molecule has 1 saturated carbocycles. The van der Waals surface area contributed by atoms with E-state index in [4.69, 9.17) is 4.74 Å². The summed E-state index contributed by atoms with van der Waals surface area (Å²) in [5.74, 6) is 0. The molecule has 108 valence electrons. The lowest BCUT2D eigenvalue weighted by atomic mass is 9.64. The lowest BCUT2D eigenvalue weighted by molar-refractivity contribution is -0.135. The second-order valence-electron chi connectivity index (χ2n) is 5.58. The Bertz CT molecular complexity index is 253. The molecule has 0 bridgehead atoms. The Morgan fingerprint density at radius 1 is 1.28 bits per heavy atom. The summed E-state index contributed by atoms with van der Waals surface area (Å²) in [4.78, 5) is 0. The zero-order chi connectivity index (χ0) is 13.8. The van der Waals surface area contributed by atoms with Gasteiger partial charge in [-0.15, -0.1) is 0 Å². The molecule has 1 N–H and O–H groups in total. The molecule has 2 unspecified atom stereocenters. The molecule has 1 aliphatic rings. The second kappa shape index (κ2) is 6.24. The zero-order valence-electron chi connectivity index (χ0n) is 11.4. The van der Waals surface area contributed by atoms with Crippen LogP contribution in [0.1, 0.15) is 46.5 Å². The van der Waals surface area contributed by atoms with Gasteiger partial charge in [0.2, 0.25) is 0 Å². The van der Waals surface area contributed by atoms with E-state index in [2.05, 4.69) is 19.2 Å². The van der Waals surface area contributed by atoms with Gasteiger partial charge in [-0.25, -0.2) is 0 Å². The lowest BCUT2D eigenvalue weighted by Crippen LogP contribution is -2.61. The minimum atomic E-state index is -4.02. The van der Waals surface area contributed by atoms with Gasteiger partial charge in [-0.3, -0.25) is 0 Å². The lowest BCUT2D eigenvalue weighted by Gasteiger charge is -2.52. The molecule has 1 rings (SSSR count). The van der Waals surface area contributed by atoms with Crippen molar-refractivity contribution in [3.63, 3.8) is 0 Å². The number of hydrogen-bond acceptors (Lipinski definition) is 2. The van der Waals surface area contributed by atoms with E-state index in [0.29, 0.717) is 25.6 Å². The standard InChI is InChI=1S/C13H24F3NO/c1-4-18-11-9-10(12(11,2)3)17-8-6-5-7-13(14,15)16/h10-11,17H,4-9H2,1-3H3. The number of rotatable bonds is 7. The molecule has 0 aromatic heterocycles. The highest BCUT2D eigenvalue weighted by Crippen LogP contribution is 2.42. The van der Waals surface area contributed by atoms with Crippen LogP contribution in [0.2, 0.25) is 0 Å². The van der Waals surface area contributed by atoms with Crippen molar-refractivity contribution in [1.29, 1.82) is 0 Å². The zero-order valence-corrected chi connectivity index (χ0v) is 11.4. The quantitative estimate of drug-likeness (QED) is 0.713. The van der Waals surface area contributed by atoms with Crippen LogP contribution < -0.4 is 5.32 Å². The molecule has 2 nitrogen and oxygen atoms in total. The van der Waals surface area contributed by atoms with Gasteiger partial charge in [-0.1, -0.05) is 13.8 Å². The first-order valence-electron chi connectivity index (χ1n) is 6.69. The summed E-state index contributed by atoms with van der Waals surface area (Å²) in [5, 5.41) is 3.34. The largest absolute Gasteiger partial charge is 0.389 e. The molecule has 0 saturated heterocycles. The van der Waals surface area contributed by atoms with Crippen molar-refractivity contribution in [2.75, 3.05) is 13.2 Å². The van der Waals surface area contributed by atoms with E-state index in [1.165, 1.54) is 0 Å². The van der Waals surface area contributed by atoms with Crippen molar-refractivity contribution >= 4 is 0 Å². The van der Waals surface area contributed by atoms with Crippen LogP contribution in [0.5, 0.6) is 0 Å². The van der Waals surface area contributed by atoms with Crippen LogP contribution in [0.15, 0.2) is 0 Å². The fourth-order valence-corrected chi connectivity index (χ4v) is 2.44. The van der Waals surface area contributed by atoms with E-state index in [0.717, 1.165) is 6.42 Å². The van der Waals surface area contributed by atoms with Crippen molar-refractivity contribution in [3.8, 4) is 0 Å². The number of unbranched alkanes of at least 4 members (excludes halogenated alkanes) is 1. The second-order valence-corrected chi connectivity index (χ2v) is 5.58. The molecule has 0 aliphatic heterocycles. The van der Waals surface area contributed by atoms with Crippen LogP contribution in [0.3, 0.4) is 0 Å². The molecular weight excluding hydrogens is 243 g/mol. The van der Waals surface area contributed by atoms with Crippen molar-refractivity contribution in [1.82, 2.24) is 5.32 Å². The summed E-state index contributed by atoms with van der Waals surface area (Å²) in [5.41, 5.74) is 0.0834. The highest BCUT2D eigenvalue weighted by Gasteiger charge is 2.48. The monoisotopic (exact) mass is 267 g/mol. The Hall–Kier alpha value is -0.290. The summed E-state index contributed by atoms with van der Waals surface area (Å²) in [6, 6.07) is 0.361. The number of alkyl halides is 3. The molecular formula is C13H24F3NO. The molecule has 0 radical (unpaired) electrons. The predicted molar refractivity (Wildman–Crippen MR) is 65.5 cm³/mol. The molecule has 1 aliphatic carbocycles. The number of nitrogens with one attached hydrogen (secondary N) is 1. The number of ether oxygens (including phenoxy) is 1. The topological polar surface area (TPSA) is 21.3 Å². The van der Waals surface area contributed by atoms with E-state index in [1.807, 2.05) is 6.92 Å². The van der Waals surface area contributed by atoms with Crippen LogP contribution in [0, 0.1) is 5.41 Å². The normalized spacial score (nSPS) is 27.0. The first kappa shape index (κ1) is 15.8. The maximum atomic E-state index is 11.9. The summed E-state index contributed by atoms with van der Waals surface area (Å²) in [6.07, 6.45) is -2.68. The van der Waals surface area contributed by atoms with Gasteiger partial charge < -0.3 is 10.1 Å². The van der Waals surface area contributed by atoms with E-state index in [-0.39, 0.29) is 17.9 Å². The fourth-order valence-electron chi connectivity index (χ4n) is 2.44. The van der Waals surface area contributed by atoms with Crippen LogP contribution >= 0.6 is 0 Å². The molecule has 1 fully saturated rings. The summed E-state index contributed by atoms with van der Waals surface area (Å²) < 4.78 is 41.4. The smallest absolute Gasteiger partial charge is 0.378 e. The van der Waals surface area contributed by atoms with Crippen LogP contribution in [-0.4, -0.2) is 31.5 Å². The number of hydrogen-bond donors (Lipinski definition) is 1. The van der Waals surface area contributed by atoms with Gasteiger partial charge in [-0.2, -0.15) is 13.2 Å². The van der Waals surface area contributed by atoms with Gasteiger partial charge in [0.25, 0.3) is 0 Å². The molecule has 5 heteroatoms. The Morgan fingerprint density at radius 2 is 1.94 bits per heavy atom. The average molecular weight is 267 g/mol. The van der Waals surface area contributed by atoms with Gasteiger partial charge >= 0.3 is 6.18 Å². The highest BCUT2D eigenvalue weighted by atomic mass is 19.4. The molecule has 0 heterocycles. The third-order valence-electron chi connectivity index (χ3n) is 3.82. The van der Waals surface area contributed by atoms with Crippen LogP contribution in [0.25, 0.3) is 0 Å². The van der Waals surface area contributed by atoms with E-state index in [1.54, 1.807) is 0 Å². The molecule has 0 spiro atoms.